The summed E-state index contributed by atoms with van der Waals surface area (Å²) in [6.45, 7) is 1.78. The van der Waals surface area contributed by atoms with Crippen LogP contribution in [0.2, 0.25) is 0 Å². The van der Waals surface area contributed by atoms with Crippen LogP contribution in [0, 0.1) is 6.92 Å². The van der Waals surface area contributed by atoms with Crippen molar-refractivity contribution in [3.63, 3.8) is 0 Å². The minimum atomic E-state index is -0.362. The predicted molar refractivity (Wildman–Crippen MR) is 87.6 cm³/mol. The van der Waals surface area contributed by atoms with Crippen LogP contribution < -0.4 is 10.6 Å². The second-order valence-electron chi connectivity index (χ2n) is 5.86. The van der Waals surface area contributed by atoms with E-state index in [2.05, 4.69) is 10.6 Å². The molecule has 0 radical (unpaired) electrons. The fourth-order valence-electron chi connectivity index (χ4n) is 2.86. The lowest BCUT2D eigenvalue weighted by molar-refractivity contribution is 0.0939. The molecule has 1 heterocycles. The average molecular weight is 312 g/mol. The number of hydrogen-bond donors (Lipinski definition) is 2. The van der Waals surface area contributed by atoms with Crippen LogP contribution in [0.3, 0.4) is 0 Å². The topological polar surface area (TPSA) is 71.3 Å². The first-order chi connectivity index (χ1) is 11.1. The number of furan rings is 1. The van der Waals surface area contributed by atoms with E-state index in [0.717, 1.165) is 25.7 Å². The Bertz CT molecular complexity index is 715. The molecule has 23 heavy (non-hydrogen) atoms. The Balaban J connectivity index is 1.74. The van der Waals surface area contributed by atoms with E-state index in [4.69, 9.17) is 4.42 Å². The highest BCUT2D eigenvalue weighted by Gasteiger charge is 2.20. The first kappa shape index (κ1) is 15.3. The number of rotatable bonds is 4. The lowest BCUT2D eigenvalue weighted by atomic mass is 10.1. The number of anilines is 1. The Kier molecular flexibility index (Phi) is 4.46. The summed E-state index contributed by atoms with van der Waals surface area (Å²) in [5.74, 6) is 0.388. The molecule has 2 amide bonds. The Morgan fingerprint density at radius 3 is 2.48 bits per heavy atom. The Labute approximate surface area is 135 Å². The summed E-state index contributed by atoms with van der Waals surface area (Å²) in [6, 6.07) is 10.6. The molecule has 2 N–H and O–H groups in total. The fraction of sp³-hybridized carbons (Fsp3) is 0.333. The van der Waals surface area contributed by atoms with Gasteiger partial charge in [0.2, 0.25) is 0 Å². The van der Waals surface area contributed by atoms with Gasteiger partial charge in [0, 0.05) is 6.04 Å². The predicted octanol–water partition coefficient (Wildman–Crippen LogP) is 3.51. The number of nitrogens with one attached hydrogen (secondary N) is 2. The lowest BCUT2D eigenvalue weighted by Crippen LogP contribution is -2.33. The van der Waals surface area contributed by atoms with Gasteiger partial charge in [0.15, 0.2) is 5.76 Å². The smallest absolute Gasteiger partial charge is 0.291 e. The van der Waals surface area contributed by atoms with E-state index in [1.165, 1.54) is 0 Å². The molecule has 5 nitrogen and oxygen atoms in total. The molecule has 120 valence electrons. The first-order valence-electron chi connectivity index (χ1n) is 7.91. The normalized spacial score (nSPS) is 14.7. The van der Waals surface area contributed by atoms with E-state index in [1.54, 1.807) is 43.3 Å². The van der Waals surface area contributed by atoms with Gasteiger partial charge in [-0.3, -0.25) is 9.59 Å². The van der Waals surface area contributed by atoms with Crippen molar-refractivity contribution in [1.82, 2.24) is 5.32 Å². The third-order valence-electron chi connectivity index (χ3n) is 4.07. The van der Waals surface area contributed by atoms with Crippen molar-refractivity contribution in [2.24, 2.45) is 0 Å². The van der Waals surface area contributed by atoms with Gasteiger partial charge in [0.1, 0.15) is 5.76 Å². The van der Waals surface area contributed by atoms with Crippen LogP contribution in [0.4, 0.5) is 5.69 Å². The van der Waals surface area contributed by atoms with Crippen molar-refractivity contribution in [3.8, 4) is 0 Å². The van der Waals surface area contributed by atoms with Gasteiger partial charge in [-0.05, 0) is 44.0 Å². The number of amides is 2. The zero-order valence-corrected chi connectivity index (χ0v) is 13.1. The molecular weight excluding hydrogens is 292 g/mol. The third kappa shape index (κ3) is 3.62. The van der Waals surface area contributed by atoms with Gasteiger partial charge in [-0.1, -0.05) is 25.0 Å². The summed E-state index contributed by atoms with van der Waals surface area (Å²) in [7, 11) is 0. The minimum absolute atomic E-state index is 0.150. The number of para-hydroxylation sites is 1. The molecule has 1 fully saturated rings. The maximum atomic E-state index is 12.5. The molecule has 0 saturated heterocycles. The van der Waals surface area contributed by atoms with E-state index in [0.29, 0.717) is 17.0 Å². The molecule has 0 aliphatic heterocycles. The molecule has 0 unspecified atom stereocenters. The van der Waals surface area contributed by atoms with Gasteiger partial charge in [-0.25, -0.2) is 0 Å². The molecule has 0 bridgehead atoms. The van der Waals surface area contributed by atoms with Crippen LogP contribution in [0.5, 0.6) is 0 Å². The largest absolute Gasteiger partial charge is 0.456 e. The van der Waals surface area contributed by atoms with Crippen LogP contribution in [0.15, 0.2) is 40.8 Å². The second-order valence-corrected chi connectivity index (χ2v) is 5.86. The van der Waals surface area contributed by atoms with Crippen LogP contribution in [0.1, 0.15) is 52.4 Å². The zero-order valence-electron chi connectivity index (χ0n) is 13.1. The number of hydrogen-bond acceptors (Lipinski definition) is 3. The monoisotopic (exact) mass is 312 g/mol. The van der Waals surface area contributed by atoms with E-state index in [1.807, 2.05) is 0 Å². The second kappa shape index (κ2) is 6.69. The van der Waals surface area contributed by atoms with Crippen LogP contribution in [-0.4, -0.2) is 17.9 Å². The van der Waals surface area contributed by atoms with E-state index in [9.17, 15) is 9.59 Å². The molecular formula is C18H20N2O3. The number of carbonyl (C=O) groups excluding carboxylic acids is 2. The van der Waals surface area contributed by atoms with E-state index < -0.39 is 0 Å². The maximum absolute atomic E-state index is 12.5. The van der Waals surface area contributed by atoms with Crippen LogP contribution in [0.25, 0.3) is 0 Å². The van der Waals surface area contributed by atoms with Crippen LogP contribution in [-0.2, 0) is 0 Å². The highest BCUT2D eigenvalue weighted by Crippen LogP contribution is 2.21. The molecule has 1 aliphatic carbocycles. The number of aryl methyl sites for hydroxylation is 1. The van der Waals surface area contributed by atoms with Crippen molar-refractivity contribution in [3.05, 3.63) is 53.5 Å². The highest BCUT2D eigenvalue weighted by atomic mass is 16.3. The van der Waals surface area contributed by atoms with Gasteiger partial charge in [0.05, 0.1) is 11.3 Å². The van der Waals surface area contributed by atoms with Crippen molar-refractivity contribution < 1.29 is 14.0 Å². The summed E-state index contributed by atoms with van der Waals surface area (Å²) in [6.07, 6.45) is 4.35. The maximum Gasteiger partial charge on any atom is 0.291 e. The summed E-state index contributed by atoms with van der Waals surface area (Å²) < 4.78 is 5.31. The highest BCUT2D eigenvalue weighted by molar-refractivity contribution is 6.07. The van der Waals surface area contributed by atoms with Gasteiger partial charge in [-0.15, -0.1) is 0 Å². The molecule has 1 aliphatic rings. The van der Waals surface area contributed by atoms with Crippen molar-refractivity contribution >= 4 is 17.5 Å². The number of benzene rings is 1. The zero-order chi connectivity index (χ0) is 16.2. The molecule has 2 aromatic rings. The molecule has 0 spiro atoms. The SMILES string of the molecule is Cc1ccc(C(=O)Nc2ccccc2C(=O)NC2CCCC2)o1. The molecule has 0 atom stereocenters. The van der Waals surface area contributed by atoms with Gasteiger partial charge in [0.25, 0.3) is 11.8 Å². The molecule has 1 aromatic heterocycles. The summed E-state index contributed by atoms with van der Waals surface area (Å²) in [5.41, 5.74) is 0.957. The first-order valence-corrected chi connectivity index (χ1v) is 7.91. The van der Waals surface area contributed by atoms with Crippen LogP contribution >= 0.6 is 0 Å². The van der Waals surface area contributed by atoms with Gasteiger partial charge in [-0.2, -0.15) is 0 Å². The van der Waals surface area contributed by atoms with Gasteiger partial charge < -0.3 is 15.1 Å². The van der Waals surface area contributed by atoms with Gasteiger partial charge >= 0.3 is 0 Å². The Hall–Kier alpha value is -2.56. The Morgan fingerprint density at radius 2 is 1.78 bits per heavy atom. The molecule has 1 saturated carbocycles. The fourth-order valence-corrected chi connectivity index (χ4v) is 2.86. The Morgan fingerprint density at radius 1 is 1.04 bits per heavy atom. The summed E-state index contributed by atoms with van der Waals surface area (Å²) >= 11 is 0. The average Bonchev–Trinajstić information content (AvgIpc) is 3.19. The standard InChI is InChI=1S/C18H20N2O3/c1-12-10-11-16(23-12)18(22)20-15-9-5-4-8-14(15)17(21)19-13-6-2-3-7-13/h4-5,8-11,13H,2-3,6-7H2,1H3,(H,19,21)(H,20,22). The quantitative estimate of drug-likeness (QED) is 0.907. The molecule has 1 aromatic carbocycles. The summed E-state index contributed by atoms with van der Waals surface area (Å²) in [5, 5.41) is 5.79. The van der Waals surface area contributed by atoms with E-state index >= 15 is 0 Å². The molecule has 5 heteroatoms. The van der Waals surface area contributed by atoms with Crippen molar-refractivity contribution in [2.45, 2.75) is 38.6 Å². The van der Waals surface area contributed by atoms with E-state index in [-0.39, 0.29) is 23.6 Å². The number of carbonyl (C=O) groups is 2. The lowest BCUT2D eigenvalue weighted by Gasteiger charge is -2.14. The van der Waals surface area contributed by atoms with Crippen molar-refractivity contribution in [1.29, 1.82) is 0 Å². The minimum Gasteiger partial charge on any atom is -0.456 e. The van der Waals surface area contributed by atoms with Crippen molar-refractivity contribution in [2.75, 3.05) is 5.32 Å². The summed E-state index contributed by atoms with van der Waals surface area (Å²) in [4.78, 5) is 24.7. The molecule has 3 rings (SSSR count). The third-order valence-corrected chi connectivity index (χ3v) is 4.07.